The average molecular weight is 507 g/mol. The van der Waals surface area contributed by atoms with Gasteiger partial charge in [-0.25, -0.2) is 9.79 Å². The highest BCUT2D eigenvalue weighted by atomic mass is 32.1. The van der Waals surface area contributed by atoms with Gasteiger partial charge in [-0.3, -0.25) is 9.36 Å². The minimum absolute atomic E-state index is 0.0585. The van der Waals surface area contributed by atoms with Gasteiger partial charge in [-0.1, -0.05) is 61.6 Å². The Hall–Kier alpha value is -3.65. The molecule has 0 radical (unpaired) electrons. The van der Waals surface area contributed by atoms with Crippen LogP contribution in [0.3, 0.4) is 0 Å². The molecule has 0 aliphatic carbocycles. The molecule has 1 aliphatic heterocycles. The Balaban J connectivity index is 1.88. The van der Waals surface area contributed by atoms with Crippen molar-refractivity contribution in [3.8, 4) is 11.5 Å². The molecule has 36 heavy (non-hydrogen) atoms. The molecular weight excluding hydrogens is 476 g/mol. The van der Waals surface area contributed by atoms with Gasteiger partial charge in [0.1, 0.15) is 0 Å². The maximum atomic E-state index is 13.7. The van der Waals surface area contributed by atoms with E-state index in [1.807, 2.05) is 68.5 Å². The summed E-state index contributed by atoms with van der Waals surface area (Å²) in [6.07, 6.45) is 3.29. The van der Waals surface area contributed by atoms with Gasteiger partial charge in [0.25, 0.3) is 5.56 Å². The number of fused-ring (bicyclic) bond motifs is 1. The molecule has 8 heteroatoms. The van der Waals surface area contributed by atoms with Gasteiger partial charge < -0.3 is 14.2 Å². The summed E-state index contributed by atoms with van der Waals surface area (Å²) in [6.45, 7) is 6.00. The van der Waals surface area contributed by atoms with Gasteiger partial charge in [-0.15, -0.1) is 0 Å². The smallest absolute Gasteiger partial charge is 0.338 e. The number of rotatable bonds is 8. The van der Waals surface area contributed by atoms with Crippen LogP contribution in [0.1, 0.15) is 50.8 Å². The molecule has 4 rings (SSSR count). The molecule has 7 nitrogen and oxygen atoms in total. The van der Waals surface area contributed by atoms with Crippen molar-refractivity contribution in [3.63, 3.8) is 0 Å². The number of nitrogens with zero attached hydrogens (tertiary/aromatic N) is 2. The Bertz CT molecular complexity index is 1470. The molecule has 0 saturated heterocycles. The highest BCUT2D eigenvalue weighted by Gasteiger charge is 2.33. The third kappa shape index (κ3) is 4.86. The van der Waals surface area contributed by atoms with Crippen LogP contribution in [-0.2, 0) is 9.53 Å². The second-order valence-corrected chi connectivity index (χ2v) is 9.46. The molecule has 0 N–H and O–H groups in total. The largest absolute Gasteiger partial charge is 0.493 e. The number of allylic oxidation sites excluding steroid dienone is 1. The van der Waals surface area contributed by atoms with Gasteiger partial charge in [0.05, 0.1) is 42.2 Å². The van der Waals surface area contributed by atoms with Crippen LogP contribution in [-0.4, -0.2) is 30.9 Å². The molecule has 1 aliphatic rings. The summed E-state index contributed by atoms with van der Waals surface area (Å²) in [4.78, 5) is 31.8. The van der Waals surface area contributed by atoms with E-state index in [2.05, 4.69) is 6.92 Å². The van der Waals surface area contributed by atoms with Gasteiger partial charge in [0.15, 0.2) is 16.3 Å². The predicted molar refractivity (Wildman–Crippen MR) is 140 cm³/mol. The molecule has 0 fully saturated rings. The standard InChI is InChI=1S/C28H30N2O5S/c1-6-17(3)35-21-14-13-18(15-22(21)33-4)16-23-26(31)30-25(19-11-9-8-10-12-19)24(27(32)34-5)20(7-2)29-28(30)36-23/h8-17,25H,6-7H2,1-5H3/b23-16-/t17-,25-/m1/s1. The molecule has 0 saturated carbocycles. The Morgan fingerprint density at radius 1 is 1.14 bits per heavy atom. The number of carbonyl (C=O) groups is 1. The minimum atomic E-state index is -0.618. The number of methoxy groups -OCH3 is 2. The molecule has 1 aromatic heterocycles. The number of benzene rings is 2. The normalized spacial score (nSPS) is 16.2. The van der Waals surface area contributed by atoms with Crippen molar-refractivity contribution in [2.45, 2.75) is 45.8 Å². The Kier molecular flexibility index (Phi) is 7.74. The van der Waals surface area contributed by atoms with Gasteiger partial charge in [-0.05, 0) is 49.1 Å². The van der Waals surface area contributed by atoms with Crippen molar-refractivity contribution in [1.29, 1.82) is 0 Å². The lowest BCUT2D eigenvalue weighted by Gasteiger charge is -2.25. The quantitative estimate of drug-likeness (QED) is 0.432. The van der Waals surface area contributed by atoms with Crippen LogP contribution in [0.4, 0.5) is 0 Å². The molecule has 3 aromatic rings. The molecule has 0 amide bonds. The molecular formula is C28H30N2O5S. The maximum absolute atomic E-state index is 13.7. The first-order valence-corrected chi connectivity index (χ1v) is 12.8. The van der Waals surface area contributed by atoms with Crippen molar-refractivity contribution >= 4 is 23.4 Å². The van der Waals surface area contributed by atoms with Crippen LogP contribution in [0, 0.1) is 0 Å². The average Bonchev–Trinajstić information content (AvgIpc) is 3.22. The van der Waals surface area contributed by atoms with Crippen LogP contribution in [0.25, 0.3) is 6.08 Å². The van der Waals surface area contributed by atoms with E-state index in [0.29, 0.717) is 38.5 Å². The zero-order valence-corrected chi connectivity index (χ0v) is 21.9. The lowest BCUT2D eigenvalue weighted by atomic mass is 9.95. The zero-order chi connectivity index (χ0) is 25.8. The number of carbonyl (C=O) groups excluding carboxylic acids is 1. The number of hydrogen-bond donors (Lipinski definition) is 0. The van der Waals surface area contributed by atoms with Gasteiger partial charge in [0.2, 0.25) is 0 Å². The van der Waals surface area contributed by atoms with Crippen molar-refractivity contribution in [1.82, 2.24) is 4.57 Å². The second-order valence-electron chi connectivity index (χ2n) is 8.45. The van der Waals surface area contributed by atoms with E-state index in [9.17, 15) is 9.59 Å². The number of thiazole rings is 1. The molecule has 2 aromatic carbocycles. The van der Waals surface area contributed by atoms with Crippen molar-refractivity contribution < 1.29 is 19.0 Å². The predicted octanol–water partition coefficient (Wildman–Crippen LogP) is 3.98. The van der Waals surface area contributed by atoms with Crippen LogP contribution in [0.2, 0.25) is 0 Å². The zero-order valence-electron chi connectivity index (χ0n) is 21.1. The van der Waals surface area contributed by atoms with E-state index in [4.69, 9.17) is 19.2 Å². The van der Waals surface area contributed by atoms with Crippen molar-refractivity contribution in [2.24, 2.45) is 4.99 Å². The van der Waals surface area contributed by atoms with Gasteiger partial charge in [0, 0.05) is 0 Å². The number of aromatic nitrogens is 1. The fourth-order valence-corrected chi connectivity index (χ4v) is 5.16. The third-order valence-electron chi connectivity index (χ3n) is 6.15. The summed E-state index contributed by atoms with van der Waals surface area (Å²) in [6, 6.07) is 14.5. The van der Waals surface area contributed by atoms with Crippen molar-refractivity contribution in [3.05, 3.63) is 90.6 Å². The maximum Gasteiger partial charge on any atom is 0.338 e. The Morgan fingerprint density at radius 2 is 1.89 bits per heavy atom. The third-order valence-corrected chi connectivity index (χ3v) is 7.14. The molecule has 0 spiro atoms. The topological polar surface area (TPSA) is 79.1 Å². The van der Waals surface area contributed by atoms with Crippen LogP contribution >= 0.6 is 11.3 Å². The summed E-state index contributed by atoms with van der Waals surface area (Å²) >= 11 is 1.30. The first-order valence-electron chi connectivity index (χ1n) is 11.9. The molecule has 0 bridgehead atoms. The molecule has 188 valence electrons. The van der Waals surface area contributed by atoms with Crippen LogP contribution < -0.4 is 24.4 Å². The first-order chi connectivity index (χ1) is 17.4. The van der Waals surface area contributed by atoms with Crippen LogP contribution in [0.5, 0.6) is 11.5 Å². The Morgan fingerprint density at radius 3 is 2.53 bits per heavy atom. The highest BCUT2D eigenvalue weighted by Crippen LogP contribution is 2.32. The van der Waals surface area contributed by atoms with E-state index in [-0.39, 0.29) is 11.7 Å². The SMILES string of the molecule is CCC1=C(C(=O)OC)[C@@H](c2ccccc2)n2c(s/c(=C\c3ccc(O[C@H](C)CC)c(OC)c3)c2=O)=N1. The number of esters is 1. The van der Waals surface area contributed by atoms with E-state index in [1.54, 1.807) is 11.7 Å². The number of ether oxygens (including phenoxy) is 3. The molecule has 0 unspecified atom stereocenters. The summed E-state index contributed by atoms with van der Waals surface area (Å²) in [5, 5.41) is 0. The van der Waals surface area contributed by atoms with E-state index in [0.717, 1.165) is 17.5 Å². The van der Waals surface area contributed by atoms with Crippen LogP contribution in [0.15, 0.2) is 69.6 Å². The summed E-state index contributed by atoms with van der Waals surface area (Å²) in [7, 11) is 2.94. The van der Waals surface area contributed by atoms with Crippen molar-refractivity contribution in [2.75, 3.05) is 14.2 Å². The Labute approximate surface area is 214 Å². The molecule has 2 atom stereocenters. The highest BCUT2D eigenvalue weighted by molar-refractivity contribution is 7.07. The lowest BCUT2D eigenvalue weighted by molar-refractivity contribution is -0.136. The van der Waals surface area contributed by atoms with Gasteiger partial charge >= 0.3 is 5.97 Å². The van der Waals surface area contributed by atoms with E-state index >= 15 is 0 Å². The van der Waals surface area contributed by atoms with E-state index < -0.39 is 12.0 Å². The summed E-state index contributed by atoms with van der Waals surface area (Å²) in [5.41, 5.74) is 2.41. The lowest BCUT2D eigenvalue weighted by Crippen LogP contribution is -2.40. The molecule has 2 heterocycles. The second kappa shape index (κ2) is 11.0. The van der Waals surface area contributed by atoms with Gasteiger partial charge in [-0.2, -0.15) is 0 Å². The first kappa shape index (κ1) is 25.4. The minimum Gasteiger partial charge on any atom is -0.493 e. The fourth-order valence-electron chi connectivity index (χ4n) is 4.14. The monoisotopic (exact) mass is 506 g/mol. The number of hydrogen-bond acceptors (Lipinski definition) is 7. The fraction of sp³-hybridized carbons (Fsp3) is 0.321. The summed E-state index contributed by atoms with van der Waals surface area (Å²) in [5.74, 6) is 0.769. The van der Waals surface area contributed by atoms with E-state index in [1.165, 1.54) is 18.4 Å². The summed E-state index contributed by atoms with van der Waals surface area (Å²) < 4.78 is 18.7.